The summed E-state index contributed by atoms with van der Waals surface area (Å²) >= 11 is 0. The van der Waals surface area contributed by atoms with E-state index >= 15 is 0 Å². The largest absolute Gasteiger partial charge is 0.457 e. The lowest BCUT2D eigenvalue weighted by Crippen LogP contribution is -2.54. The lowest BCUT2D eigenvalue weighted by molar-refractivity contribution is -0.137. The number of hydrogen-bond donors (Lipinski definition) is 3. The first kappa shape index (κ1) is 27.7. The maximum Gasteiger partial charge on any atom is 0.416 e. The fourth-order valence-electron chi connectivity index (χ4n) is 4.38. The van der Waals surface area contributed by atoms with E-state index in [9.17, 15) is 27.6 Å². The van der Waals surface area contributed by atoms with Crippen LogP contribution in [0.15, 0.2) is 78.9 Å². The molecule has 3 aromatic rings. The van der Waals surface area contributed by atoms with E-state index in [0.29, 0.717) is 29.9 Å². The molecule has 0 saturated heterocycles. The van der Waals surface area contributed by atoms with Crippen molar-refractivity contribution >= 4 is 17.7 Å². The van der Waals surface area contributed by atoms with E-state index in [1.807, 2.05) is 30.3 Å². The fraction of sp³-hybridized carbons (Fsp3) is 0.276. The number of ether oxygens (including phenoxy) is 1. The average molecular weight is 540 g/mol. The van der Waals surface area contributed by atoms with Crippen molar-refractivity contribution in [2.75, 3.05) is 6.54 Å². The van der Waals surface area contributed by atoms with Crippen LogP contribution >= 0.6 is 0 Å². The highest BCUT2D eigenvalue weighted by molar-refractivity contribution is 5.97. The number of amides is 3. The van der Waals surface area contributed by atoms with Gasteiger partial charge in [0, 0.05) is 23.2 Å². The van der Waals surface area contributed by atoms with Crippen LogP contribution in [0.3, 0.4) is 0 Å². The Kier molecular flexibility index (Phi) is 8.85. The summed E-state index contributed by atoms with van der Waals surface area (Å²) < 4.78 is 44.5. The molecule has 4 rings (SSSR count). The molecule has 1 fully saturated rings. The Morgan fingerprint density at radius 1 is 0.744 bits per heavy atom. The highest BCUT2D eigenvalue weighted by atomic mass is 19.4. The molecule has 3 amide bonds. The van der Waals surface area contributed by atoms with Crippen molar-refractivity contribution in [3.8, 4) is 11.5 Å². The van der Waals surface area contributed by atoms with Gasteiger partial charge in [-0.2, -0.15) is 13.2 Å². The number of hydrogen-bond acceptors (Lipinski definition) is 4. The first-order valence-electron chi connectivity index (χ1n) is 12.6. The third-order valence-electron chi connectivity index (χ3n) is 6.39. The molecule has 39 heavy (non-hydrogen) atoms. The van der Waals surface area contributed by atoms with Crippen molar-refractivity contribution in [2.45, 2.75) is 43.9 Å². The number of carbonyl (C=O) groups excluding carboxylic acids is 3. The topological polar surface area (TPSA) is 96.5 Å². The number of para-hydroxylation sites is 1. The van der Waals surface area contributed by atoms with E-state index < -0.39 is 30.1 Å². The van der Waals surface area contributed by atoms with Crippen LogP contribution in [-0.2, 0) is 11.0 Å². The van der Waals surface area contributed by atoms with Crippen molar-refractivity contribution in [3.05, 3.63) is 95.6 Å². The minimum absolute atomic E-state index is 0.194. The summed E-state index contributed by atoms with van der Waals surface area (Å²) in [7, 11) is 0. The predicted molar refractivity (Wildman–Crippen MR) is 138 cm³/mol. The first-order chi connectivity index (χ1) is 18.7. The summed E-state index contributed by atoms with van der Waals surface area (Å²) in [6.07, 6.45) is -1.52. The monoisotopic (exact) mass is 539 g/mol. The Labute approximate surface area is 223 Å². The van der Waals surface area contributed by atoms with Crippen LogP contribution in [0.5, 0.6) is 11.5 Å². The molecular weight excluding hydrogens is 511 g/mol. The molecule has 0 radical (unpaired) electrons. The van der Waals surface area contributed by atoms with Crippen LogP contribution < -0.4 is 20.7 Å². The van der Waals surface area contributed by atoms with Gasteiger partial charge in [-0.25, -0.2) is 0 Å². The predicted octanol–water partition coefficient (Wildman–Crippen LogP) is 5.08. The van der Waals surface area contributed by atoms with Gasteiger partial charge in [0.2, 0.25) is 5.91 Å². The number of halogens is 3. The van der Waals surface area contributed by atoms with Gasteiger partial charge in [-0.1, -0.05) is 37.1 Å². The van der Waals surface area contributed by atoms with Crippen molar-refractivity contribution < 1.29 is 32.3 Å². The van der Waals surface area contributed by atoms with Crippen molar-refractivity contribution in [1.29, 1.82) is 0 Å². The third-order valence-corrected chi connectivity index (χ3v) is 6.39. The van der Waals surface area contributed by atoms with Gasteiger partial charge in [-0.15, -0.1) is 0 Å². The summed E-state index contributed by atoms with van der Waals surface area (Å²) in [6, 6.07) is 19.3. The molecule has 204 valence electrons. The SMILES string of the molecule is O=C(CNC(=O)c1cccc(C(F)(F)F)c1)NC1CCCCC1NC(=O)c1ccc(Oc2ccccc2)cc1. The van der Waals surface area contributed by atoms with Gasteiger partial charge >= 0.3 is 6.18 Å². The Bertz CT molecular complexity index is 1300. The fourth-order valence-corrected chi connectivity index (χ4v) is 4.38. The normalized spacial score (nSPS) is 17.1. The number of alkyl halides is 3. The number of rotatable bonds is 8. The molecule has 0 aliphatic heterocycles. The van der Waals surface area contributed by atoms with Gasteiger partial charge in [0.15, 0.2) is 0 Å². The van der Waals surface area contributed by atoms with Gasteiger partial charge in [0.25, 0.3) is 11.8 Å². The Morgan fingerprint density at radius 3 is 2.05 bits per heavy atom. The number of nitrogens with one attached hydrogen (secondary N) is 3. The second-order valence-corrected chi connectivity index (χ2v) is 9.24. The molecule has 0 spiro atoms. The molecule has 1 aliphatic carbocycles. The summed E-state index contributed by atoms with van der Waals surface area (Å²) in [5.41, 5.74) is -0.696. The molecule has 1 saturated carbocycles. The maximum atomic E-state index is 12.9. The summed E-state index contributed by atoms with van der Waals surface area (Å²) in [5, 5.41) is 8.17. The van der Waals surface area contributed by atoms with E-state index in [1.165, 1.54) is 6.07 Å². The van der Waals surface area contributed by atoms with Gasteiger partial charge < -0.3 is 20.7 Å². The van der Waals surface area contributed by atoms with Crippen LogP contribution in [0, 0.1) is 0 Å². The Morgan fingerprint density at radius 2 is 1.38 bits per heavy atom. The van der Waals surface area contributed by atoms with Crippen LogP contribution in [0.25, 0.3) is 0 Å². The first-order valence-corrected chi connectivity index (χ1v) is 12.6. The molecule has 1 aliphatic rings. The molecule has 0 aromatic heterocycles. The van der Waals surface area contributed by atoms with Crippen LogP contribution in [-0.4, -0.2) is 36.3 Å². The van der Waals surface area contributed by atoms with Crippen molar-refractivity contribution in [1.82, 2.24) is 16.0 Å². The highest BCUT2D eigenvalue weighted by Crippen LogP contribution is 2.29. The minimum atomic E-state index is -4.58. The molecular formula is C29H28F3N3O4. The van der Waals surface area contributed by atoms with Crippen LogP contribution in [0.4, 0.5) is 13.2 Å². The zero-order valence-electron chi connectivity index (χ0n) is 21.0. The van der Waals surface area contributed by atoms with E-state index in [4.69, 9.17) is 4.74 Å². The van der Waals surface area contributed by atoms with Crippen molar-refractivity contribution in [2.24, 2.45) is 0 Å². The summed E-state index contributed by atoms with van der Waals surface area (Å²) in [4.78, 5) is 37.7. The summed E-state index contributed by atoms with van der Waals surface area (Å²) in [5.74, 6) is -0.298. The molecule has 7 nitrogen and oxygen atoms in total. The number of carbonyl (C=O) groups is 3. The van der Waals surface area contributed by atoms with Gasteiger partial charge in [-0.05, 0) is 67.4 Å². The molecule has 3 N–H and O–H groups in total. The minimum Gasteiger partial charge on any atom is -0.457 e. The van der Waals surface area contributed by atoms with E-state index in [0.717, 1.165) is 31.0 Å². The molecule has 2 atom stereocenters. The van der Waals surface area contributed by atoms with Crippen molar-refractivity contribution in [3.63, 3.8) is 0 Å². The third kappa shape index (κ3) is 7.83. The lowest BCUT2D eigenvalue weighted by atomic mass is 9.90. The zero-order valence-corrected chi connectivity index (χ0v) is 21.0. The summed E-state index contributed by atoms with van der Waals surface area (Å²) in [6.45, 7) is -0.408. The molecule has 3 aromatic carbocycles. The van der Waals surface area contributed by atoms with E-state index in [1.54, 1.807) is 24.3 Å². The zero-order chi connectivity index (χ0) is 27.8. The van der Waals surface area contributed by atoms with Gasteiger partial charge in [0.05, 0.1) is 12.1 Å². The van der Waals surface area contributed by atoms with Crippen LogP contribution in [0.1, 0.15) is 52.0 Å². The average Bonchev–Trinajstić information content (AvgIpc) is 2.93. The molecule has 10 heteroatoms. The Balaban J connectivity index is 1.29. The molecule has 2 unspecified atom stereocenters. The van der Waals surface area contributed by atoms with Gasteiger partial charge in [-0.3, -0.25) is 14.4 Å². The second kappa shape index (κ2) is 12.5. The Hall–Kier alpha value is -4.34. The lowest BCUT2D eigenvalue weighted by Gasteiger charge is -2.33. The molecule has 0 bridgehead atoms. The quantitative estimate of drug-likeness (QED) is 0.372. The van der Waals surface area contributed by atoms with Gasteiger partial charge in [0.1, 0.15) is 11.5 Å². The smallest absolute Gasteiger partial charge is 0.416 e. The van der Waals surface area contributed by atoms with E-state index in [2.05, 4.69) is 16.0 Å². The highest BCUT2D eigenvalue weighted by Gasteiger charge is 2.31. The maximum absolute atomic E-state index is 12.9. The second-order valence-electron chi connectivity index (χ2n) is 9.24. The standard InChI is InChI=1S/C29H28F3N3O4/c30-29(31,32)21-8-6-7-20(17-21)27(37)33-18-26(36)34-24-11-4-5-12-25(24)35-28(38)19-13-15-23(16-14-19)39-22-9-2-1-3-10-22/h1-3,6-10,13-17,24-25H,4-5,11-12,18H2,(H,33,37)(H,34,36)(H,35,38). The van der Waals surface area contributed by atoms with E-state index in [-0.39, 0.29) is 23.6 Å². The van der Waals surface area contributed by atoms with Crippen LogP contribution in [0.2, 0.25) is 0 Å². The number of benzene rings is 3. The molecule has 0 heterocycles.